The topological polar surface area (TPSA) is 65.5 Å². The molecule has 8 heteroatoms. The van der Waals surface area contributed by atoms with Crippen molar-refractivity contribution in [3.05, 3.63) is 10.6 Å². The highest BCUT2D eigenvalue weighted by molar-refractivity contribution is 7.80. The zero-order valence-electron chi connectivity index (χ0n) is 12.9. The van der Waals surface area contributed by atoms with Gasteiger partial charge >= 0.3 is 0 Å². The van der Waals surface area contributed by atoms with Crippen molar-refractivity contribution in [1.29, 1.82) is 0 Å². The lowest BCUT2D eigenvalue weighted by Crippen LogP contribution is -2.09. The molecule has 0 saturated carbocycles. The molecule has 0 radical (unpaired) electrons. The monoisotopic (exact) mass is 341 g/mol. The fraction of sp³-hybridized carbons (Fsp3) is 0.357. The van der Waals surface area contributed by atoms with Crippen molar-refractivity contribution in [2.75, 3.05) is 26.6 Å². The molecule has 2 aromatic rings. The van der Waals surface area contributed by atoms with Crippen LogP contribution >= 0.6 is 23.8 Å². The minimum Gasteiger partial charge on any atom is -0.493 e. The van der Waals surface area contributed by atoms with Crippen LogP contribution in [0.25, 0.3) is 11.0 Å². The molecular weight excluding hydrogens is 326 g/mol. The maximum atomic E-state index is 6.38. The molecule has 1 aromatic heterocycles. The number of anilines is 1. The van der Waals surface area contributed by atoms with Crippen LogP contribution in [0, 0.1) is 6.92 Å². The Kier molecular flexibility index (Phi) is 4.87. The second kappa shape index (κ2) is 6.50. The number of hydrogen-bond donors (Lipinski definition) is 1. The van der Waals surface area contributed by atoms with Crippen LogP contribution in [0.1, 0.15) is 12.5 Å². The number of ether oxygens (including phenoxy) is 3. The molecule has 0 aliphatic rings. The quantitative estimate of drug-likeness (QED) is 0.855. The largest absolute Gasteiger partial charge is 0.493 e. The number of aromatic nitrogens is 2. The molecule has 0 saturated heterocycles. The van der Waals surface area contributed by atoms with E-state index in [1.54, 1.807) is 6.92 Å². The van der Waals surface area contributed by atoms with E-state index in [0.29, 0.717) is 32.5 Å². The Morgan fingerprint density at radius 1 is 1.05 bits per heavy atom. The molecule has 0 amide bonds. The van der Waals surface area contributed by atoms with Gasteiger partial charge in [0.05, 0.1) is 37.0 Å². The molecule has 1 heterocycles. The van der Waals surface area contributed by atoms with Crippen LogP contribution in [0.2, 0.25) is 5.02 Å². The van der Waals surface area contributed by atoms with Gasteiger partial charge in [0.15, 0.2) is 5.75 Å². The lowest BCUT2D eigenvalue weighted by Gasteiger charge is -2.17. The van der Waals surface area contributed by atoms with Crippen LogP contribution in [0.3, 0.4) is 0 Å². The maximum Gasteiger partial charge on any atom is 0.278 e. The standard InChI is InChI=1S/C14H16ClN3O3S/c1-6-8(15)12(19-3)11-10(9(6)16-7(2)22)17-13(20-4)14(18-11)21-5/h1-5H3,(H,16,22). The van der Waals surface area contributed by atoms with Crippen molar-refractivity contribution in [3.63, 3.8) is 0 Å². The molecule has 1 N–H and O–H groups in total. The fourth-order valence-electron chi connectivity index (χ4n) is 2.08. The van der Waals surface area contributed by atoms with Crippen LogP contribution in [0.5, 0.6) is 17.5 Å². The number of halogens is 1. The summed E-state index contributed by atoms with van der Waals surface area (Å²) in [4.78, 5) is 9.45. The van der Waals surface area contributed by atoms with Crippen molar-refractivity contribution in [2.24, 2.45) is 0 Å². The summed E-state index contributed by atoms with van der Waals surface area (Å²) >= 11 is 11.5. The minimum atomic E-state index is 0.248. The summed E-state index contributed by atoms with van der Waals surface area (Å²) in [5, 5.41) is 3.53. The average Bonchev–Trinajstić information content (AvgIpc) is 2.50. The normalized spacial score (nSPS) is 10.5. The number of fused-ring (bicyclic) bond motifs is 1. The van der Waals surface area contributed by atoms with E-state index >= 15 is 0 Å². The van der Waals surface area contributed by atoms with E-state index in [0.717, 1.165) is 5.56 Å². The number of rotatable bonds is 4. The molecule has 6 nitrogen and oxygen atoms in total. The van der Waals surface area contributed by atoms with Crippen LogP contribution in [0.15, 0.2) is 0 Å². The molecule has 0 atom stereocenters. The second-order valence-electron chi connectivity index (χ2n) is 4.47. The summed E-state index contributed by atoms with van der Waals surface area (Å²) in [7, 11) is 4.51. The van der Waals surface area contributed by atoms with Gasteiger partial charge in [-0.05, 0) is 19.4 Å². The third-order valence-corrected chi connectivity index (χ3v) is 3.64. The Morgan fingerprint density at radius 2 is 1.59 bits per heavy atom. The van der Waals surface area contributed by atoms with Gasteiger partial charge < -0.3 is 19.5 Å². The number of hydrogen-bond acceptors (Lipinski definition) is 6. The Labute approximate surface area is 138 Å². The lowest BCUT2D eigenvalue weighted by molar-refractivity contribution is 0.333. The van der Waals surface area contributed by atoms with E-state index in [-0.39, 0.29) is 11.8 Å². The fourth-order valence-corrected chi connectivity index (χ4v) is 2.44. The Bertz CT molecular complexity index is 752. The van der Waals surface area contributed by atoms with Crippen molar-refractivity contribution < 1.29 is 14.2 Å². The van der Waals surface area contributed by atoms with Crippen LogP contribution in [0.4, 0.5) is 5.69 Å². The first kappa shape index (κ1) is 16.5. The molecule has 0 bridgehead atoms. The Hall–Kier alpha value is -1.86. The predicted molar refractivity (Wildman–Crippen MR) is 90.8 cm³/mol. The molecule has 22 heavy (non-hydrogen) atoms. The Balaban J connectivity index is 2.93. The first-order valence-electron chi connectivity index (χ1n) is 6.37. The zero-order chi connectivity index (χ0) is 16.4. The number of nitrogens with zero attached hydrogens (tertiary/aromatic N) is 2. The highest BCUT2D eigenvalue weighted by Gasteiger charge is 2.22. The summed E-state index contributed by atoms with van der Waals surface area (Å²) in [5.41, 5.74) is 2.44. The third-order valence-electron chi connectivity index (χ3n) is 3.08. The molecule has 0 spiro atoms. The van der Waals surface area contributed by atoms with Gasteiger partial charge in [-0.1, -0.05) is 23.8 Å². The summed E-state index contributed by atoms with van der Waals surface area (Å²) in [6.07, 6.45) is 0. The minimum absolute atomic E-state index is 0.248. The highest BCUT2D eigenvalue weighted by atomic mass is 35.5. The first-order chi connectivity index (χ1) is 10.4. The van der Waals surface area contributed by atoms with E-state index in [4.69, 9.17) is 38.0 Å². The number of benzene rings is 1. The van der Waals surface area contributed by atoms with E-state index in [1.165, 1.54) is 21.3 Å². The zero-order valence-corrected chi connectivity index (χ0v) is 14.5. The highest BCUT2D eigenvalue weighted by Crippen LogP contribution is 2.42. The molecule has 0 unspecified atom stereocenters. The van der Waals surface area contributed by atoms with Gasteiger partial charge in [-0.15, -0.1) is 0 Å². The first-order valence-corrected chi connectivity index (χ1v) is 7.16. The van der Waals surface area contributed by atoms with E-state index < -0.39 is 0 Å². The summed E-state index contributed by atoms with van der Waals surface area (Å²) in [6, 6.07) is 0. The molecule has 0 aliphatic carbocycles. The van der Waals surface area contributed by atoms with Crippen LogP contribution in [-0.2, 0) is 0 Å². The smallest absolute Gasteiger partial charge is 0.278 e. The van der Waals surface area contributed by atoms with Gasteiger partial charge in [-0.25, -0.2) is 9.97 Å². The SMILES string of the molecule is COc1nc2c(NC(C)=S)c(C)c(Cl)c(OC)c2nc1OC. The molecule has 2 rings (SSSR count). The van der Waals surface area contributed by atoms with Crippen molar-refractivity contribution >= 4 is 45.5 Å². The van der Waals surface area contributed by atoms with Gasteiger partial charge in [0, 0.05) is 0 Å². The third kappa shape index (κ3) is 2.74. The van der Waals surface area contributed by atoms with E-state index in [1.807, 2.05) is 6.92 Å². The van der Waals surface area contributed by atoms with Crippen molar-refractivity contribution in [3.8, 4) is 17.5 Å². The van der Waals surface area contributed by atoms with Crippen LogP contribution in [-0.4, -0.2) is 36.3 Å². The van der Waals surface area contributed by atoms with Crippen molar-refractivity contribution in [2.45, 2.75) is 13.8 Å². The van der Waals surface area contributed by atoms with Gasteiger partial charge in [0.1, 0.15) is 11.0 Å². The predicted octanol–water partition coefficient (Wildman–Crippen LogP) is 3.38. The van der Waals surface area contributed by atoms with Gasteiger partial charge in [-0.2, -0.15) is 0 Å². The second-order valence-corrected chi connectivity index (χ2v) is 5.46. The molecule has 0 fully saturated rings. The summed E-state index contributed by atoms with van der Waals surface area (Å²) in [6.45, 7) is 3.62. The number of thiocarbonyl (C=S) groups is 1. The van der Waals surface area contributed by atoms with Gasteiger partial charge in [0.25, 0.3) is 11.8 Å². The van der Waals surface area contributed by atoms with E-state index in [9.17, 15) is 0 Å². The lowest BCUT2D eigenvalue weighted by atomic mass is 10.1. The summed E-state index contributed by atoms with van der Waals surface area (Å²) < 4.78 is 15.8. The summed E-state index contributed by atoms with van der Waals surface area (Å²) in [5.74, 6) is 0.942. The van der Waals surface area contributed by atoms with Gasteiger partial charge in [-0.3, -0.25) is 0 Å². The number of methoxy groups -OCH3 is 3. The Morgan fingerprint density at radius 3 is 2.05 bits per heavy atom. The molecule has 1 aromatic carbocycles. The van der Waals surface area contributed by atoms with E-state index in [2.05, 4.69) is 15.3 Å². The van der Waals surface area contributed by atoms with Gasteiger partial charge in [0.2, 0.25) is 0 Å². The average molecular weight is 342 g/mol. The number of nitrogens with one attached hydrogen (secondary N) is 1. The molecule has 118 valence electrons. The molecular formula is C14H16ClN3O3S. The van der Waals surface area contributed by atoms with Crippen LogP contribution < -0.4 is 19.5 Å². The molecule has 0 aliphatic heterocycles. The van der Waals surface area contributed by atoms with Crippen molar-refractivity contribution in [1.82, 2.24) is 9.97 Å². The maximum absolute atomic E-state index is 6.38.